The lowest BCUT2D eigenvalue weighted by atomic mass is 10.0. The molecule has 1 aliphatic heterocycles. The number of rotatable bonds is 5. The van der Waals surface area contributed by atoms with Crippen LogP contribution in [-0.4, -0.2) is 48.6 Å². The molecular weight excluding hydrogens is 408 g/mol. The summed E-state index contributed by atoms with van der Waals surface area (Å²) in [4.78, 5) is 38.2. The molecule has 0 unspecified atom stereocenters. The summed E-state index contributed by atoms with van der Waals surface area (Å²) in [6, 6.07) is 13.2. The average Bonchev–Trinajstić information content (AvgIpc) is 2.75. The Kier molecular flexibility index (Phi) is 7.30. The van der Waals surface area contributed by atoms with E-state index in [2.05, 4.69) is 5.32 Å². The van der Waals surface area contributed by atoms with Crippen LogP contribution >= 0.6 is 11.6 Å². The normalized spacial score (nSPS) is 14.1. The van der Waals surface area contributed by atoms with Crippen molar-refractivity contribution in [3.63, 3.8) is 0 Å². The van der Waals surface area contributed by atoms with E-state index in [4.69, 9.17) is 21.1 Å². The van der Waals surface area contributed by atoms with E-state index in [9.17, 15) is 14.4 Å². The molecule has 1 aliphatic rings. The predicted molar refractivity (Wildman–Crippen MR) is 112 cm³/mol. The molecule has 2 aromatic carbocycles. The van der Waals surface area contributed by atoms with Crippen molar-refractivity contribution in [2.75, 3.05) is 19.7 Å². The zero-order chi connectivity index (χ0) is 21.5. The molecule has 0 spiro atoms. The molecule has 8 heteroatoms. The first-order valence-corrected chi connectivity index (χ1v) is 10.1. The smallest absolute Gasteiger partial charge is 0.434 e. The Balaban J connectivity index is 1.51. The SMILES string of the molecule is CCOC(=O)Oc1ccc(C(=O)N2CCC(NC(=O)c3ccccc3Cl)CC2)cc1. The molecule has 7 nitrogen and oxygen atoms in total. The summed E-state index contributed by atoms with van der Waals surface area (Å²) in [7, 11) is 0. The van der Waals surface area contributed by atoms with Crippen LogP contribution in [0.1, 0.15) is 40.5 Å². The van der Waals surface area contributed by atoms with Gasteiger partial charge in [0, 0.05) is 24.7 Å². The van der Waals surface area contributed by atoms with E-state index in [0.29, 0.717) is 47.8 Å². The molecule has 0 saturated carbocycles. The van der Waals surface area contributed by atoms with Crippen LogP contribution in [0.25, 0.3) is 0 Å². The van der Waals surface area contributed by atoms with Gasteiger partial charge in [0.2, 0.25) is 0 Å². The zero-order valence-corrected chi connectivity index (χ0v) is 17.4. The molecule has 3 rings (SSSR count). The van der Waals surface area contributed by atoms with E-state index in [1.54, 1.807) is 60.4 Å². The molecule has 0 bridgehead atoms. The minimum absolute atomic E-state index is 0.0156. The molecule has 0 aromatic heterocycles. The molecule has 2 amide bonds. The number of hydrogen-bond donors (Lipinski definition) is 1. The second-order valence-electron chi connectivity index (χ2n) is 6.83. The largest absolute Gasteiger partial charge is 0.513 e. The summed E-state index contributed by atoms with van der Waals surface area (Å²) in [5.74, 6) is 0.00197. The van der Waals surface area contributed by atoms with Crippen LogP contribution in [0.15, 0.2) is 48.5 Å². The number of carbonyl (C=O) groups is 3. The topological polar surface area (TPSA) is 84.9 Å². The van der Waals surface area contributed by atoms with E-state index < -0.39 is 6.16 Å². The Hall–Kier alpha value is -3.06. The van der Waals surface area contributed by atoms with Gasteiger partial charge in [-0.15, -0.1) is 0 Å². The maximum Gasteiger partial charge on any atom is 0.513 e. The van der Waals surface area contributed by atoms with Gasteiger partial charge in [-0.2, -0.15) is 0 Å². The molecule has 1 fully saturated rings. The molecule has 1 N–H and O–H groups in total. The van der Waals surface area contributed by atoms with Gasteiger partial charge in [0.05, 0.1) is 17.2 Å². The molecule has 2 aromatic rings. The number of likely N-dealkylation sites (tertiary alicyclic amines) is 1. The monoisotopic (exact) mass is 430 g/mol. The summed E-state index contributed by atoms with van der Waals surface area (Å²) < 4.78 is 9.71. The second-order valence-corrected chi connectivity index (χ2v) is 7.24. The first-order chi connectivity index (χ1) is 14.5. The van der Waals surface area contributed by atoms with Crippen LogP contribution in [0.5, 0.6) is 5.75 Å². The van der Waals surface area contributed by atoms with Gasteiger partial charge in [-0.3, -0.25) is 9.59 Å². The third kappa shape index (κ3) is 5.51. The lowest BCUT2D eigenvalue weighted by Gasteiger charge is -2.32. The van der Waals surface area contributed by atoms with Gasteiger partial charge >= 0.3 is 6.16 Å². The van der Waals surface area contributed by atoms with E-state index >= 15 is 0 Å². The molecule has 0 aliphatic carbocycles. The van der Waals surface area contributed by atoms with Gasteiger partial charge in [0.25, 0.3) is 11.8 Å². The summed E-state index contributed by atoms with van der Waals surface area (Å²) in [5.41, 5.74) is 0.951. The lowest BCUT2D eigenvalue weighted by molar-refractivity contribution is 0.0698. The van der Waals surface area contributed by atoms with Crippen molar-refractivity contribution in [3.8, 4) is 5.75 Å². The van der Waals surface area contributed by atoms with Crippen LogP contribution in [0, 0.1) is 0 Å². The van der Waals surface area contributed by atoms with Gasteiger partial charge < -0.3 is 19.7 Å². The molecule has 1 saturated heterocycles. The minimum Gasteiger partial charge on any atom is -0.434 e. The second kappa shape index (κ2) is 10.1. The van der Waals surface area contributed by atoms with Crippen LogP contribution in [0.2, 0.25) is 5.02 Å². The number of nitrogens with one attached hydrogen (secondary N) is 1. The Morgan fingerprint density at radius 1 is 1.07 bits per heavy atom. The summed E-state index contributed by atoms with van der Waals surface area (Å²) in [6.45, 7) is 2.99. The van der Waals surface area contributed by atoms with Crippen LogP contribution in [-0.2, 0) is 4.74 Å². The van der Waals surface area contributed by atoms with E-state index in [1.165, 1.54) is 0 Å². The quantitative estimate of drug-likeness (QED) is 0.574. The van der Waals surface area contributed by atoms with Crippen molar-refractivity contribution in [1.82, 2.24) is 10.2 Å². The molecule has 0 radical (unpaired) electrons. The molecule has 30 heavy (non-hydrogen) atoms. The molecule has 1 heterocycles. The van der Waals surface area contributed by atoms with Crippen molar-refractivity contribution in [1.29, 1.82) is 0 Å². The number of nitrogens with zero attached hydrogens (tertiary/aromatic N) is 1. The number of halogens is 1. The maximum atomic E-state index is 12.7. The Labute approximate surface area is 179 Å². The highest BCUT2D eigenvalue weighted by Gasteiger charge is 2.25. The van der Waals surface area contributed by atoms with Crippen molar-refractivity contribution >= 4 is 29.6 Å². The number of hydrogen-bond acceptors (Lipinski definition) is 5. The van der Waals surface area contributed by atoms with Crippen molar-refractivity contribution in [2.45, 2.75) is 25.8 Å². The standard InChI is InChI=1S/C22H23ClN2O5/c1-2-29-22(28)30-17-9-7-15(8-10-17)21(27)25-13-11-16(12-14-25)24-20(26)18-5-3-4-6-19(18)23/h3-10,16H,2,11-14H2,1H3,(H,24,26). The third-order valence-corrected chi connectivity index (χ3v) is 5.13. The predicted octanol–water partition coefficient (Wildman–Crippen LogP) is 3.91. The van der Waals surface area contributed by atoms with Gasteiger partial charge in [0.1, 0.15) is 5.75 Å². The fourth-order valence-corrected chi connectivity index (χ4v) is 3.45. The van der Waals surface area contributed by atoms with E-state index in [1.807, 2.05) is 0 Å². The van der Waals surface area contributed by atoms with Crippen molar-refractivity contribution < 1.29 is 23.9 Å². The van der Waals surface area contributed by atoms with Gasteiger partial charge in [-0.05, 0) is 56.2 Å². The number of ether oxygens (including phenoxy) is 2. The van der Waals surface area contributed by atoms with Gasteiger partial charge in [0.15, 0.2) is 0 Å². The van der Waals surface area contributed by atoms with Crippen LogP contribution in [0.3, 0.4) is 0 Å². The Morgan fingerprint density at radius 2 is 1.73 bits per heavy atom. The van der Waals surface area contributed by atoms with Gasteiger partial charge in [-0.1, -0.05) is 23.7 Å². The zero-order valence-electron chi connectivity index (χ0n) is 16.6. The Morgan fingerprint density at radius 3 is 2.37 bits per heavy atom. The summed E-state index contributed by atoms with van der Waals surface area (Å²) >= 11 is 6.08. The van der Waals surface area contributed by atoms with E-state index in [-0.39, 0.29) is 24.5 Å². The molecule has 0 atom stereocenters. The first-order valence-electron chi connectivity index (χ1n) is 9.77. The van der Waals surface area contributed by atoms with Crippen LogP contribution in [0.4, 0.5) is 4.79 Å². The first kappa shape index (κ1) is 21.6. The fourth-order valence-electron chi connectivity index (χ4n) is 3.23. The lowest BCUT2D eigenvalue weighted by Crippen LogP contribution is -2.46. The minimum atomic E-state index is -0.780. The molecule has 158 valence electrons. The number of carbonyl (C=O) groups excluding carboxylic acids is 3. The summed E-state index contributed by atoms with van der Waals surface area (Å²) in [5, 5.41) is 3.40. The van der Waals surface area contributed by atoms with Gasteiger partial charge in [-0.25, -0.2) is 4.79 Å². The molecular formula is C22H23ClN2O5. The maximum absolute atomic E-state index is 12.7. The number of amides is 2. The number of benzene rings is 2. The average molecular weight is 431 g/mol. The van der Waals surface area contributed by atoms with Crippen molar-refractivity contribution in [3.05, 3.63) is 64.7 Å². The summed E-state index contributed by atoms with van der Waals surface area (Å²) in [6.07, 6.45) is 0.537. The highest BCUT2D eigenvalue weighted by Crippen LogP contribution is 2.19. The highest BCUT2D eigenvalue weighted by atomic mass is 35.5. The Bertz CT molecular complexity index is 908. The highest BCUT2D eigenvalue weighted by molar-refractivity contribution is 6.33. The fraction of sp³-hybridized carbons (Fsp3) is 0.318. The van der Waals surface area contributed by atoms with E-state index in [0.717, 1.165) is 0 Å². The number of piperidine rings is 1. The third-order valence-electron chi connectivity index (χ3n) is 4.80. The van der Waals surface area contributed by atoms with Crippen LogP contribution < -0.4 is 10.1 Å². The van der Waals surface area contributed by atoms with Crippen molar-refractivity contribution in [2.24, 2.45) is 0 Å².